The van der Waals surface area contributed by atoms with Crippen LogP contribution in [0.5, 0.6) is 5.75 Å². The summed E-state index contributed by atoms with van der Waals surface area (Å²) in [4.78, 5) is 31.0. The van der Waals surface area contributed by atoms with Crippen molar-refractivity contribution in [3.63, 3.8) is 0 Å². The number of hydrogen-bond acceptors (Lipinski definition) is 8. The first-order valence-electron chi connectivity index (χ1n) is 22.9. The standard InChI is InChI=1S/C53H62ClN3O8SSi/c1-38-24-30-45(31-25-38)66(60,61)55-47(23-16-32-56-49(41-19-12-8-13-20-41)50(64-52(56)59)42-21-14-9-15-22-42)51(58)57-34-48(65-67(5,6)53(2,3)4)46(54)37-62-36-43(57)33-39-26-28-44(29-27-39)63-35-40-17-10-7-11-18-40/h7-15,17-22,24-31,43,46-48,55H,16,23,32-37H2,1-6H3/t43-,46-,47-,48+/m0/s1. The van der Waals surface area contributed by atoms with Crippen molar-refractivity contribution in [2.24, 2.45) is 0 Å². The molecule has 67 heavy (non-hydrogen) atoms. The number of carbonyl (C=O) groups is 1. The van der Waals surface area contributed by atoms with Gasteiger partial charge in [-0.2, -0.15) is 4.72 Å². The highest BCUT2D eigenvalue weighted by molar-refractivity contribution is 7.89. The third-order valence-electron chi connectivity index (χ3n) is 12.8. The number of sulfonamides is 1. The number of benzene rings is 5. The zero-order valence-electron chi connectivity index (χ0n) is 39.2. The molecule has 0 radical (unpaired) electrons. The van der Waals surface area contributed by atoms with Crippen LogP contribution in [0, 0.1) is 6.92 Å². The molecule has 2 heterocycles. The Morgan fingerprint density at radius 2 is 1.45 bits per heavy atom. The number of aryl methyl sites for hydroxylation is 1. The van der Waals surface area contributed by atoms with Crippen molar-refractivity contribution < 1.29 is 31.5 Å². The van der Waals surface area contributed by atoms with Crippen LogP contribution in [0.15, 0.2) is 154 Å². The minimum atomic E-state index is -4.22. The number of carbonyl (C=O) groups excluding carboxylic acids is 1. The Morgan fingerprint density at radius 3 is 2.07 bits per heavy atom. The molecule has 5 aromatic carbocycles. The van der Waals surface area contributed by atoms with E-state index in [4.69, 9.17) is 29.9 Å². The highest BCUT2D eigenvalue weighted by Gasteiger charge is 2.44. The van der Waals surface area contributed by atoms with Gasteiger partial charge in [0.1, 0.15) is 18.4 Å². The lowest BCUT2D eigenvalue weighted by molar-refractivity contribution is -0.140. The Bertz CT molecular complexity index is 2710. The molecule has 0 unspecified atom stereocenters. The van der Waals surface area contributed by atoms with E-state index in [2.05, 4.69) is 38.6 Å². The van der Waals surface area contributed by atoms with E-state index in [0.29, 0.717) is 30.2 Å². The summed E-state index contributed by atoms with van der Waals surface area (Å²) in [5.41, 5.74) is 4.99. The third-order valence-corrected chi connectivity index (χ3v) is 19.2. The summed E-state index contributed by atoms with van der Waals surface area (Å²) in [7, 11) is -6.67. The summed E-state index contributed by atoms with van der Waals surface area (Å²) in [6.45, 7) is 13.6. The third kappa shape index (κ3) is 12.6. The van der Waals surface area contributed by atoms with Crippen LogP contribution in [0.2, 0.25) is 18.1 Å². The van der Waals surface area contributed by atoms with Gasteiger partial charge in [0.15, 0.2) is 14.1 Å². The number of nitrogens with zero attached hydrogens (tertiary/aromatic N) is 2. The van der Waals surface area contributed by atoms with Crippen molar-refractivity contribution in [3.05, 3.63) is 167 Å². The Labute approximate surface area is 401 Å². The number of oxazole rings is 1. The van der Waals surface area contributed by atoms with Gasteiger partial charge in [-0.05, 0) is 79.7 Å². The quantitative estimate of drug-likeness (QED) is 0.0707. The van der Waals surface area contributed by atoms with Crippen LogP contribution in [0.1, 0.15) is 50.3 Å². The van der Waals surface area contributed by atoms with Gasteiger partial charge in [-0.1, -0.05) is 142 Å². The lowest BCUT2D eigenvalue weighted by atomic mass is 10.0. The largest absolute Gasteiger partial charge is 0.489 e. The van der Waals surface area contributed by atoms with Crippen molar-refractivity contribution in [2.45, 2.75) is 107 Å². The maximum atomic E-state index is 15.6. The highest BCUT2D eigenvalue weighted by atomic mass is 35.5. The fourth-order valence-corrected chi connectivity index (χ4v) is 10.8. The van der Waals surface area contributed by atoms with E-state index >= 15 is 4.79 Å². The number of nitrogens with one attached hydrogen (secondary N) is 1. The molecule has 1 fully saturated rings. The number of aromatic nitrogens is 1. The van der Waals surface area contributed by atoms with E-state index in [-0.39, 0.29) is 49.1 Å². The molecular weight excluding hydrogens is 902 g/mol. The minimum absolute atomic E-state index is 0.0305. The number of rotatable bonds is 17. The second-order valence-electron chi connectivity index (χ2n) is 18.8. The monoisotopic (exact) mass is 963 g/mol. The first-order valence-corrected chi connectivity index (χ1v) is 27.7. The molecule has 4 atom stereocenters. The molecule has 1 aliphatic heterocycles. The second-order valence-corrected chi connectivity index (χ2v) is 25.8. The molecule has 6 aromatic rings. The molecule has 0 aliphatic carbocycles. The Balaban J connectivity index is 1.23. The molecule has 1 aliphatic rings. The fourth-order valence-electron chi connectivity index (χ4n) is 7.95. The van der Waals surface area contributed by atoms with E-state index in [1.165, 1.54) is 12.1 Å². The maximum Gasteiger partial charge on any atom is 0.419 e. The number of ether oxygens (including phenoxy) is 2. The van der Waals surface area contributed by atoms with Crippen LogP contribution >= 0.6 is 11.6 Å². The van der Waals surface area contributed by atoms with Crippen molar-refractivity contribution >= 4 is 35.8 Å². The van der Waals surface area contributed by atoms with Crippen molar-refractivity contribution in [2.75, 3.05) is 19.8 Å². The summed E-state index contributed by atoms with van der Waals surface area (Å²) in [6, 6.07) is 41.4. The lowest BCUT2D eigenvalue weighted by Crippen LogP contribution is -2.59. The van der Waals surface area contributed by atoms with Gasteiger partial charge in [0.25, 0.3) is 0 Å². The summed E-state index contributed by atoms with van der Waals surface area (Å²) in [6.07, 6.45) is 0.0647. The summed E-state index contributed by atoms with van der Waals surface area (Å²) in [5, 5.41) is -0.751. The first-order chi connectivity index (χ1) is 32.0. The average molecular weight is 965 g/mol. The zero-order valence-corrected chi connectivity index (χ0v) is 41.8. The van der Waals surface area contributed by atoms with Gasteiger partial charge in [-0.3, -0.25) is 9.36 Å². The molecule has 1 N–H and O–H groups in total. The van der Waals surface area contributed by atoms with Crippen LogP contribution in [0.3, 0.4) is 0 Å². The predicted molar refractivity (Wildman–Crippen MR) is 267 cm³/mol. The van der Waals surface area contributed by atoms with E-state index in [1.807, 2.05) is 122 Å². The molecule has 1 saturated heterocycles. The van der Waals surface area contributed by atoms with Gasteiger partial charge in [-0.25, -0.2) is 13.2 Å². The van der Waals surface area contributed by atoms with Crippen LogP contribution in [0.25, 0.3) is 22.6 Å². The van der Waals surface area contributed by atoms with E-state index in [0.717, 1.165) is 27.8 Å². The molecule has 7 rings (SSSR count). The van der Waals surface area contributed by atoms with E-state index < -0.39 is 53.6 Å². The van der Waals surface area contributed by atoms with Crippen LogP contribution in [-0.2, 0) is 43.6 Å². The van der Waals surface area contributed by atoms with Gasteiger partial charge in [-0.15, -0.1) is 11.6 Å². The van der Waals surface area contributed by atoms with Gasteiger partial charge in [0.2, 0.25) is 15.9 Å². The van der Waals surface area contributed by atoms with E-state index in [9.17, 15) is 13.2 Å². The topological polar surface area (TPSA) is 129 Å². The van der Waals surface area contributed by atoms with Crippen LogP contribution < -0.4 is 15.2 Å². The summed E-state index contributed by atoms with van der Waals surface area (Å²) >= 11 is 7.11. The van der Waals surface area contributed by atoms with Gasteiger partial charge >= 0.3 is 5.76 Å². The average Bonchev–Trinajstić information content (AvgIpc) is 3.64. The van der Waals surface area contributed by atoms with Crippen molar-refractivity contribution in [1.29, 1.82) is 0 Å². The number of halogens is 1. The van der Waals surface area contributed by atoms with Gasteiger partial charge in [0, 0.05) is 24.2 Å². The zero-order chi connectivity index (χ0) is 47.8. The number of hydrogen-bond donors (Lipinski definition) is 1. The number of alkyl halides is 1. The maximum absolute atomic E-state index is 15.6. The van der Waals surface area contributed by atoms with Gasteiger partial charge in [0.05, 0.1) is 41.3 Å². The molecule has 0 saturated carbocycles. The molecule has 354 valence electrons. The van der Waals surface area contributed by atoms with Crippen LogP contribution in [0.4, 0.5) is 0 Å². The van der Waals surface area contributed by atoms with Crippen LogP contribution in [-0.4, -0.2) is 75.4 Å². The van der Waals surface area contributed by atoms with Crippen molar-refractivity contribution in [1.82, 2.24) is 14.2 Å². The summed E-state index contributed by atoms with van der Waals surface area (Å²) in [5.74, 6) is 0.120. The van der Waals surface area contributed by atoms with Crippen molar-refractivity contribution in [3.8, 4) is 28.3 Å². The lowest BCUT2D eigenvalue weighted by Gasteiger charge is -2.44. The number of amides is 1. The Hall–Kier alpha value is -5.28. The molecule has 14 heteroatoms. The predicted octanol–water partition coefficient (Wildman–Crippen LogP) is 10.3. The molecule has 0 bridgehead atoms. The fraction of sp³-hybridized carbons (Fsp3) is 0.358. The highest BCUT2D eigenvalue weighted by Crippen LogP contribution is 2.39. The molecule has 1 aromatic heterocycles. The minimum Gasteiger partial charge on any atom is -0.489 e. The normalized spacial score (nSPS) is 17.7. The first kappa shape index (κ1) is 49.6. The molecule has 1 amide bonds. The molecular formula is C53H62ClN3O8SSi. The smallest absolute Gasteiger partial charge is 0.419 e. The summed E-state index contributed by atoms with van der Waals surface area (Å²) < 4.78 is 58.2. The SMILES string of the molecule is Cc1ccc(S(=O)(=O)N[C@@H](CCCn2c(-c3ccccc3)c(-c3ccccc3)oc2=O)C(=O)N2C[C@@H](O[Si](C)(C)C(C)(C)C)[C@@H](Cl)COC[C@@H]2Cc2ccc(OCc3ccccc3)cc2)cc1. The second kappa shape index (κ2) is 21.8. The van der Waals surface area contributed by atoms with E-state index in [1.54, 1.807) is 21.6 Å². The molecule has 0 spiro atoms. The molecule has 11 nitrogen and oxygen atoms in total. The van der Waals surface area contributed by atoms with Gasteiger partial charge < -0.3 is 23.2 Å². The Kier molecular flexibility index (Phi) is 16.1. The Morgan fingerprint density at radius 1 is 0.836 bits per heavy atom.